The van der Waals surface area contributed by atoms with E-state index in [1.54, 1.807) is 0 Å². The van der Waals surface area contributed by atoms with E-state index >= 15 is 0 Å². The molecule has 0 heterocycles. The van der Waals surface area contributed by atoms with Gasteiger partial charge in [-0.3, -0.25) is 0 Å². The first kappa shape index (κ1) is 5.63. The highest BCUT2D eigenvalue weighted by Gasteiger charge is 1.70. The van der Waals surface area contributed by atoms with Gasteiger partial charge >= 0.3 is 0 Å². The van der Waals surface area contributed by atoms with Crippen molar-refractivity contribution in [3.63, 3.8) is 0 Å². The summed E-state index contributed by atoms with van der Waals surface area (Å²) in [4.78, 5) is 9.42. The molecule has 0 saturated heterocycles. The summed E-state index contributed by atoms with van der Waals surface area (Å²) < 4.78 is 0. The number of rotatable bonds is 3. The maximum Gasteiger partial charge on any atom is 0.119 e. The van der Waals surface area contributed by atoms with Crippen molar-refractivity contribution in [1.82, 2.24) is 0 Å². The lowest BCUT2D eigenvalue weighted by Gasteiger charge is -1.94. The Bertz CT molecular complexity index is 34.5. The van der Waals surface area contributed by atoms with Crippen LogP contribution in [0.15, 0.2) is 0 Å². The number of hydrogen-bond donors (Lipinski definition) is 0. The predicted octanol–water partition coefficient (Wildman–Crippen LogP) is -0.674. The van der Waals surface area contributed by atoms with Gasteiger partial charge in [-0.2, -0.15) is 0 Å². The Morgan fingerprint density at radius 2 is 2.33 bits per heavy atom. The monoisotopic (exact) mass is 87.0 g/mol. The number of aldehydes is 1. The van der Waals surface area contributed by atoms with Crippen molar-refractivity contribution in [2.75, 3.05) is 6.61 Å². The minimum atomic E-state index is -0.126. The van der Waals surface area contributed by atoms with Crippen LogP contribution >= 0.6 is 0 Å². The van der Waals surface area contributed by atoms with E-state index in [4.69, 9.17) is 0 Å². The molecule has 0 bridgehead atoms. The first-order valence-corrected chi connectivity index (χ1v) is 1.93. The van der Waals surface area contributed by atoms with Crippen molar-refractivity contribution in [2.24, 2.45) is 0 Å². The van der Waals surface area contributed by atoms with Crippen LogP contribution in [0.4, 0.5) is 0 Å². The summed E-state index contributed by atoms with van der Waals surface area (Å²) in [6, 6.07) is 0. The topological polar surface area (TPSA) is 40.1 Å². The molecule has 0 atom stereocenters. The van der Waals surface area contributed by atoms with E-state index in [9.17, 15) is 9.90 Å². The van der Waals surface area contributed by atoms with Gasteiger partial charge in [-0.15, -0.1) is 6.61 Å². The van der Waals surface area contributed by atoms with Crippen LogP contribution < -0.4 is 5.11 Å². The molecule has 0 fully saturated rings. The second-order valence-electron chi connectivity index (χ2n) is 1.01. The average Bonchev–Trinajstić information content (AvgIpc) is 1.61. The van der Waals surface area contributed by atoms with Crippen molar-refractivity contribution in [3.05, 3.63) is 0 Å². The summed E-state index contributed by atoms with van der Waals surface area (Å²) in [5.41, 5.74) is 0. The Balaban J connectivity index is 2.49. The van der Waals surface area contributed by atoms with Crippen LogP contribution in [-0.4, -0.2) is 12.9 Å². The van der Waals surface area contributed by atoms with Crippen LogP contribution in [-0.2, 0) is 4.79 Å². The number of hydrogen-bond acceptors (Lipinski definition) is 2. The highest BCUT2D eigenvalue weighted by atomic mass is 16.3. The minimum Gasteiger partial charge on any atom is -0.854 e. The third-order valence-electron chi connectivity index (χ3n) is 0.466. The molecule has 0 rings (SSSR count). The van der Waals surface area contributed by atoms with E-state index in [0.717, 1.165) is 6.29 Å². The van der Waals surface area contributed by atoms with Crippen molar-refractivity contribution in [3.8, 4) is 0 Å². The van der Waals surface area contributed by atoms with E-state index in [2.05, 4.69) is 0 Å². The molecule has 0 aliphatic rings. The molecule has 0 unspecified atom stereocenters. The van der Waals surface area contributed by atoms with Gasteiger partial charge in [0.2, 0.25) is 0 Å². The van der Waals surface area contributed by atoms with Gasteiger partial charge in [-0.25, -0.2) is 0 Å². The summed E-state index contributed by atoms with van der Waals surface area (Å²) >= 11 is 0. The molecule has 6 heavy (non-hydrogen) atoms. The molecule has 0 aromatic carbocycles. The molecule has 36 valence electrons. The lowest BCUT2D eigenvalue weighted by atomic mass is 10.4. The van der Waals surface area contributed by atoms with Gasteiger partial charge in [-0.05, 0) is 0 Å². The van der Waals surface area contributed by atoms with Crippen LogP contribution in [0.1, 0.15) is 12.8 Å². The largest absolute Gasteiger partial charge is 0.854 e. The maximum absolute atomic E-state index is 9.53. The molecule has 0 aromatic rings. The highest BCUT2D eigenvalue weighted by Crippen LogP contribution is 1.74. The van der Waals surface area contributed by atoms with Crippen molar-refractivity contribution < 1.29 is 9.90 Å². The SMILES string of the molecule is O=CCCC[O-]. The Hall–Kier alpha value is -0.370. The number of unbranched alkanes of at least 4 members (excludes halogenated alkanes) is 1. The average molecular weight is 87.1 g/mol. The molecule has 0 amide bonds. The Morgan fingerprint density at radius 1 is 1.67 bits per heavy atom. The third kappa shape index (κ3) is 3.63. The van der Waals surface area contributed by atoms with Gasteiger partial charge in [-0.1, -0.05) is 6.42 Å². The van der Waals surface area contributed by atoms with Gasteiger partial charge < -0.3 is 9.90 Å². The predicted molar refractivity (Wildman–Crippen MR) is 20.2 cm³/mol. The molecule has 0 saturated carbocycles. The van der Waals surface area contributed by atoms with E-state index in [0.29, 0.717) is 12.8 Å². The van der Waals surface area contributed by atoms with Gasteiger partial charge in [0, 0.05) is 6.42 Å². The summed E-state index contributed by atoms with van der Waals surface area (Å²) in [6.07, 6.45) is 1.67. The first-order chi connectivity index (χ1) is 2.91. The Labute approximate surface area is 36.8 Å². The molecule has 0 aliphatic carbocycles. The van der Waals surface area contributed by atoms with Gasteiger partial charge in [0.05, 0.1) is 0 Å². The second-order valence-corrected chi connectivity index (χ2v) is 1.01. The van der Waals surface area contributed by atoms with Crippen molar-refractivity contribution >= 4 is 6.29 Å². The first-order valence-electron chi connectivity index (χ1n) is 1.93. The summed E-state index contributed by atoms with van der Waals surface area (Å²) in [5, 5.41) is 9.53. The molecular weight excluding hydrogens is 80.0 g/mol. The molecule has 0 aromatic heterocycles. The molecule has 2 heteroatoms. The van der Waals surface area contributed by atoms with E-state index in [1.165, 1.54) is 0 Å². The fourth-order valence-electron chi connectivity index (χ4n) is 0.167. The van der Waals surface area contributed by atoms with Crippen LogP contribution in [0, 0.1) is 0 Å². The minimum absolute atomic E-state index is 0.126. The van der Waals surface area contributed by atoms with E-state index < -0.39 is 0 Å². The normalized spacial score (nSPS) is 8.17. The molecule has 0 spiro atoms. The van der Waals surface area contributed by atoms with Gasteiger partial charge in [0.1, 0.15) is 6.29 Å². The molecule has 2 nitrogen and oxygen atoms in total. The van der Waals surface area contributed by atoms with Crippen LogP contribution in [0.25, 0.3) is 0 Å². The van der Waals surface area contributed by atoms with Crippen LogP contribution in [0.2, 0.25) is 0 Å². The lowest BCUT2D eigenvalue weighted by molar-refractivity contribution is -0.368. The number of carbonyl (C=O) groups excluding carboxylic acids is 1. The van der Waals surface area contributed by atoms with Crippen LogP contribution in [0.3, 0.4) is 0 Å². The summed E-state index contributed by atoms with van der Waals surface area (Å²) in [6.45, 7) is -0.126. The smallest absolute Gasteiger partial charge is 0.119 e. The van der Waals surface area contributed by atoms with Gasteiger partial charge in [0.25, 0.3) is 0 Å². The lowest BCUT2D eigenvalue weighted by Crippen LogP contribution is -2.04. The zero-order chi connectivity index (χ0) is 4.83. The molecule has 0 N–H and O–H groups in total. The Morgan fingerprint density at radius 3 is 2.50 bits per heavy atom. The maximum atomic E-state index is 9.53. The van der Waals surface area contributed by atoms with E-state index in [-0.39, 0.29) is 6.61 Å². The fraction of sp³-hybridized carbons (Fsp3) is 0.750. The van der Waals surface area contributed by atoms with Crippen molar-refractivity contribution in [2.45, 2.75) is 12.8 Å². The summed E-state index contributed by atoms with van der Waals surface area (Å²) in [5.74, 6) is 0. The van der Waals surface area contributed by atoms with Gasteiger partial charge in [0.15, 0.2) is 0 Å². The van der Waals surface area contributed by atoms with Crippen molar-refractivity contribution in [1.29, 1.82) is 0 Å². The zero-order valence-corrected chi connectivity index (χ0v) is 3.52. The number of carbonyl (C=O) groups is 1. The fourth-order valence-corrected chi connectivity index (χ4v) is 0.167. The quantitative estimate of drug-likeness (QED) is 0.338. The highest BCUT2D eigenvalue weighted by molar-refractivity contribution is 5.48. The Kier molecular flexibility index (Phi) is 4.34. The molecule has 0 radical (unpaired) electrons. The summed E-state index contributed by atoms with van der Waals surface area (Å²) in [7, 11) is 0. The molecular formula is C4H7O2-. The second kappa shape index (κ2) is 4.63. The standard InChI is InChI=1S/C4H7O2/c5-3-1-2-4-6/h3H,1-2,4H2/q-1. The zero-order valence-electron chi connectivity index (χ0n) is 3.52. The molecule has 0 aliphatic heterocycles. The van der Waals surface area contributed by atoms with E-state index in [1.807, 2.05) is 0 Å². The third-order valence-corrected chi connectivity index (χ3v) is 0.466. The van der Waals surface area contributed by atoms with Crippen LogP contribution in [0.5, 0.6) is 0 Å².